The number of aliphatic hydroxyl groups excluding tert-OH is 1. The van der Waals surface area contributed by atoms with Gasteiger partial charge in [-0.25, -0.2) is 4.79 Å². The Labute approximate surface area is 112 Å². The van der Waals surface area contributed by atoms with Crippen LogP contribution in [0.3, 0.4) is 0 Å². The lowest BCUT2D eigenvalue weighted by atomic mass is 9.87. The minimum Gasteiger partial charge on any atom is -0.479 e. The second kappa shape index (κ2) is 6.14. The third-order valence-electron chi connectivity index (χ3n) is 3.44. The molecule has 0 bridgehead atoms. The number of carbonyl (C=O) groups excluding carboxylic acids is 2. The van der Waals surface area contributed by atoms with Crippen molar-refractivity contribution in [1.29, 1.82) is 0 Å². The molecule has 1 fully saturated rings. The molecule has 0 saturated carbocycles. The molecule has 1 saturated heterocycles. The average molecular weight is 271 g/mol. The molecule has 6 nitrogen and oxygen atoms in total. The number of Topliss-reactive ketones (excluding diaryl/α,β-unsaturated/α-hetero) is 1. The zero-order chi connectivity index (χ0) is 14.6. The number of hydrogen-bond acceptors (Lipinski definition) is 4. The molecule has 0 unspecified atom stereocenters. The summed E-state index contributed by atoms with van der Waals surface area (Å²) in [5.41, 5.74) is -1.87. The maximum Gasteiger partial charge on any atom is 0.337 e. The monoisotopic (exact) mass is 271 g/mol. The van der Waals surface area contributed by atoms with E-state index in [4.69, 9.17) is 0 Å². The molecule has 2 atom stereocenters. The minimum atomic E-state index is -1.87. The Morgan fingerprint density at radius 1 is 1.21 bits per heavy atom. The van der Waals surface area contributed by atoms with Gasteiger partial charge in [0.05, 0.1) is 6.10 Å². The number of β-amino-alcohol motifs (C(OH)–C–C–N with tert-alkyl or cyclic N) is 1. The van der Waals surface area contributed by atoms with Gasteiger partial charge in [-0.3, -0.25) is 9.59 Å². The topological polar surface area (TPSA) is 94.9 Å². The smallest absolute Gasteiger partial charge is 0.337 e. The van der Waals surface area contributed by atoms with Crippen LogP contribution in [0.4, 0.5) is 0 Å². The molecule has 6 heteroatoms. The Bertz CT molecular complexity index is 381. The van der Waals surface area contributed by atoms with Crippen molar-refractivity contribution >= 4 is 17.7 Å². The van der Waals surface area contributed by atoms with E-state index in [2.05, 4.69) is 0 Å². The molecule has 0 aromatic heterocycles. The Morgan fingerprint density at radius 3 is 2.26 bits per heavy atom. The highest BCUT2D eigenvalue weighted by atomic mass is 16.4. The molecule has 0 aliphatic carbocycles. The maximum absolute atomic E-state index is 12.2. The van der Waals surface area contributed by atoms with Gasteiger partial charge in [0.1, 0.15) is 0 Å². The van der Waals surface area contributed by atoms with Crippen LogP contribution in [0.25, 0.3) is 0 Å². The van der Waals surface area contributed by atoms with E-state index in [9.17, 15) is 24.6 Å². The van der Waals surface area contributed by atoms with Crippen molar-refractivity contribution in [3.8, 4) is 0 Å². The lowest BCUT2D eigenvalue weighted by Crippen LogP contribution is -2.58. The summed E-state index contributed by atoms with van der Waals surface area (Å²) in [4.78, 5) is 36.8. The molecule has 1 heterocycles. The van der Waals surface area contributed by atoms with E-state index in [0.717, 1.165) is 4.90 Å². The molecule has 2 N–H and O–H groups in total. The third kappa shape index (κ3) is 2.78. The van der Waals surface area contributed by atoms with Gasteiger partial charge in [-0.05, 0) is 12.8 Å². The summed E-state index contributed by atoms with van der Waals surface area (Å²) in [5, 5.41) is 19.1. The van der Waals surface area contributed by atoms with Crippen molar-refractivity contribution < 1.29 is 24.6 Å². The van der Waals surface area contributed by atoms with E-state index in [1.165, 1.54) is 0 Å². The average Bonchev–Trinajstić information content (AvgIpc) is 2.69. The number of hydrogen-bond donors (Lipinski definition) is 2. The van der Waals surface area contributed by atoms with Crippen molar-refractivity contribution in [3.63, 3.8) is 0 Å². The number of amides is 1. The first-order valence-electron chi connectivity index (χ1n) is 6.65. The number of nitrogens with zero attached hydrogens (tertiary/aromatic N) is 1. The van der Waals surface area contributed by atoms with Gasteiger partial charge in [0.25, 0.3) is 0 Å². The van der Waals surface area contributed by atoms with E-state index in [1.54, 1.807) is 13.8 Å². The lowest BCUT2D eigenvalue weighted by Gasteiger charge is -2.33. The second-order valence-electron chi connectivity index (χ2n) is 4.95. The molecule has 0 radical (unpaired) electrons. The highest BCUT2D eigenvalue weighted by molar-refractivity contribution is 6.10. The summed E-state index contributed by atoms with van der Waals surface area (Å²) in [6, 6.07) is 0. The van der Waals surface area contributed by atoms with E-state index < -0.39 is 23.4 Å². The molecule has 0 spiro atoms. The van der Waals surface area contributed by atoms with Crippen LogP contribution in [0.5, 0.6) is 0 Å². The van der Waals surface area contributed by atoms with Crippen LogP contribution >= 0.6 is 0 Å². The fourth-order valence-electron chi connectivity index (χ4n) is 2.57. The lowest BCUT2D eigenvalue weighted by molar-refractivity contribution is -0.162. The molecule has 108 valence electrons. The van der Waals surface area contributed by atoms with Crippen molar-refractivity contribution in [2.75, 3.05) is 6.54 Å². The molecule has 1 amide bonds. The van der Waals surface area contributed by atoms with Crippen molar-refractivity contribution in [2.24, 2.45) is 0 Å². The van der Waals surface area contributed by atoms with Crippen LogP contribution in [0.1, 0.15) is 46.0 Å². The normalized spacial score (nSPS) is 26.5. The SMILES string of the molecule is CCCC(=O)N1C[C@H](O)C[C@]1(C(=O)O)C(=O)CCC. The standard InChI is InChI=1S/C13H21NO5/c1-3-5-10(16)13(12(18)19)7-9(15)8-14(13)11(17)6-4-2/h9,15H,3-8H2,1-2H3,(H,18,19)/t9-,13-/m1/s1. The molecular formula is C13H21NO5. The van der Waals surface area contributed by atoms with Gasteiger partial charge in [0.2, 0.25) is 11.4 Å². The van der Waals surface area contributed by atoms with Crippen LogP contribution in [-0.2, 0) is 14.4 Å². The third-order valence-corrected chi connectivity index (χ3v) is 3.44. The summed E-state index contributed by atoms with van der Waals surface area (Å²) >= 11 is 0. The predicted molar refractivity (Wildman–Crippen MR) is 67.5 cm³/mol. The number of carboxylic acids is 1. The summed E-state index contributed by atoms with van der Waals surface area (Å²) < 4.78 is 0. The number of ketones is 1. The van der Waals surface area contributed by atoms with Gasteiger partial charge >= 0.3 is 5.97 Å². The number of aliphatic carboxylic acids is 1. The van der Waals surface area contributed by atoms with E-state index >= 15 is 0 Å². The van der Waals surface area contributed by atoms with E-state index in [0.29, 0.717) is 12.8 Å². The van der Waals surface area contributed by atoms with E-state index in [-0.39, 0.29) is 31.7 Å². The summed E-state index contributed by atoms with van der Waals surface area (Å²) in [6.45, 7) is 3.50. The molecule has 0 aromatic rings. The van der Waals surface area contributed by atoms with Gasteiger partial charge in [0.15, 0.2) is 5.78 Å². The Kier molecular flexibility index (Phi) is 5.05. The summed E-state index contributed by atoms with van der Waals surface area (Å²) in [7, 11) is 0. The van der Waals surface area contributed by atoms with Crippen LogP contribution in [0, 0.1) is 0 Å². The molecule has 1 rings (SSSR count). The molecule has 1 aliphatic heterocycles. The first-order chi connectivity index (χ1) is 8.90. The van der Waals surface area contributed by atoms with Gasteiger partial charge in [-0.2, -0.15) is 0 Å². The Hall–Kier alpha value is -1.43. The zero-order valence-corrected chi connectivity index (χ0v) is 11.4. The quantitative estimate of drug-likeness (QED) is 0.689. The highest BCUT2D eigenvalue weighted by Gasteiger charge is 2.57. The largest absolute Gasteiger partial charge is 0.479 e. The highest BCUT2D eigenvalue weighted by Crippen LogP contribution is 2.33. The first-order valence-corrected chi connectivity index (χ1v) is 6.65. The molecule has 19 heavy (non-hydrogen) atoms. The van der Waals surface area contributed by atoms with Gasteiger partial charge in [-0.15, -0.1) is 0 Å². The maximum atomic E-state index is 12.2. The second-order valence-corrected chi connectivity index (χ2v) is 4.95. The van der Waals surface area contributed by atoms with E-state index in [1.807, 2.05) is 0 Å². The van der Waals surface area contributed by atoms with Crippen LogP contribution in [0.15, 0.2) is 0 Å². The summed E-state index contributed by atoms with van der Waals surface area (Å²) in [6.07, 6.45) is 0.188. The minimum absolute atomic E-state index is 0.0828. The van der Waals surface area contributed by atoms with Gasteiger partial charge < -0.3 is 15.1 Å². The number of likely N-dealkylation sites (tertiary alicyclic amines) is 1. The zero-order valence-electron chi connectivity index (χ0n) is 11.4. The van der Waals surface area contributed by atoms with Crippen LogP contribution < -0.4 is 0 Å². The van der Waals surface area contributed by atoms with Crippen LogP contribution in [-0.4, -0.2) is 51.0 Å². The van der Waals surface area contributed by atoms with Crippen LogP contribution in [0.2, 0.25) is 0 Å². The summed E-state index contributed by atoms with van der Waals surface area (Å²) in [5.74, 6) is -2.22. The Morgan fingerprint density at radius 2 is 1.79 bits per heavy atom. The Balaban J connectivity index is 3.14. The van der Waals surface area contributed by atoms with Crippen molar-refractivity contribution in [2.45, 2.75) is 57.6 Å². The fraction of sp³-hybridized carbons (Fsp3) is 0.769. The number of aliphatic hydroxyl groups is 1. The molecule has 1 aliphatic rings. The molecular weight excluding hydrogens is 250 g/mol. The predicted octanol–water partition coefficient (Wildman–Crippen LogP) is 0.572. The van der Waals surface area contributed by atoms with Gasteiger partial charge in [0, 0.05) is 25.8 Å². The van der Waals surface area contributed by atoms with Crippen molar-refractivity contribution in [3.05, 3.63) is 0 Å². The number of carbonyl (C=O) groups is 3. The fourth-order valence-corrected chi connectivity index (χ4v) is 2.57. The van der Waals surface area contributed by atoms with Crippen molar-refractivity contribution in [1.82, 2.24) is 4.90 Å². The van der Waals surface area contributed by atoms with Gasteiger partial charge in [-0.1, -0.05) is 13.8 Å². The number of carboxylic acid groups (broad SMARTS) is 1. The number of rotatable bonds is 6. The first kappa shape index (κ1) is 15.6. The molecule has 0 aromatic carbocycles.